The monoisotopic (exact) mass is 357 g/mol. The molecule has 3 amide bonds. The molecule has 1 saturated heterocycles. The molecular formula is C19H20ClN3O2. The zero-order valence-electron chi connectivity index (χ0n) is 14.2. The van der Waals surface area contributed by atoms with Gasteiger partial charge in [-0.2, -0.15) is 0 Å². The van der Waals surface area contributed by atoms with E-state index in [2.05, 4.69) is 5.32 Å². The quantitative estimate of drug-likeness (QED) is 0.885. The van der Waals surface area contributed by atoms with Gasteiger partial charge in [0.25, 0.3) is 0 Å². The van der Waals surface area contributed by atoms with Crippen LogP contribution in [0.15, 0.2) is 48.5 Å². The fraction of sp³-hybridized carbons (Fsp3) is 0.263. The van der Waals surface area contributed by atoms with Gasteiger partial charge in [-0.25, -0.2) is 4.79 Å². The van der Waals surface area contributed by atoms with Gasteiger partial charge in [0.1, 0.15) is 6.04 Å². The van der Waals surface area contributed by atoms with Gasteiger partial charge in [-0.1, -0.05) is 29.3 Å². The third-order valence-corrected chi connectivity index (χ3v) is 4.61. The Kier molecular flexibility index (Phi) is 4.95. The van der Waals surface area contributed by atoms with Crippen LogP contribution in [-0.2, 0) is 4.79 Å². The van der Waals surface area contributed by atoms with Crippen molar-refractivity contribution in [2.75, 3.05) is 23.3 Å². The number of amides is 3. The predicted molar refractivity (Wildman–Crippen MR) is 100 cm³/mol. The minimum Gasteiger partial charge on any atom is -0.311 e. The largest absolute Gasteiger partial charge is 0.322 e. The maximum Gasteiger partial charge on any atom is 0.322 e. The highest BCUT2D eigenvalue weighted by atomic mass is 35.5. The summed E-state index contributed by atoms with van der Waals surface area (Å²) in [5.74, 6) is -0.104. The minimum absolute atomic E-state index is 0.104. The lowest BCUT2D eigenvalue weighted by atomic mass is 10.1. The lowest BCUT2D eigenvalue weighted by Gasteiger charge is -2.39. The summed E-state index contributed by atoms with van der Waals surface area (Å²) in [6.07, 6.45) is 0. The van der Waals surface area contributed by atoms with E-state index < -0.39 is 6.04 Å². The van der Waals surface area contributed by atoms with Crippen molar-refractivity contribution >= 4 is 34.9 Å². The van der Waals surface area contributed by atoms with Gasteiger partial charge >= 0.3 is 6.03 Å². The molecule has 6 heteroatoms. The molecule has 1 aliphatic rings. The van der Waals surface area contributed by atoms with Crippen LogP contribution in [0.2, 0.25) is 5.02 Å². The number of carbonyl (C=O) groups is 2. The maximum absolute atomic E-state index is 12.7. The molecule has 1 atom stereocenters. The molecule has 1 aliphatic heterocycles. The Labute approximate surface area is 152 Å². The molecule has 0 radical (unpaired) electrons. The first-order chi connectivity index (χ1) is 12.0. The SMILES string of the molecule is Cc1ccc(NC(=O)N2CCN(c3ccc(Cl)cc3)C(=O)[C@H]2C)cc1. The first-order valence-corrected chi connectivity index (χ1v) is 8.55. The molecule has 1 heterocycles. The van der Waals surface area contributed by atoms with Crippen LogP contribution in [0.1, 0.15) is 12.5 Å². The molecule has 0 aromatic heterocycles. The molecule has 2 aromatic carbocycles. The van der Waals surface area contributed by atoms with Gasteiger partial charge in [-0.3, -0.25) is 4.79 Å². The van der Waals surface area contributed by atoms with Crippen LogP contribution in [-0.4, -0.2) is 36.0 Å². The number of anilines is 2. The lowest BCUT2D eigenvalue weighted by molar-refractivity contribution is -0.123. The summed E-state index contributed by atoms with van der Waals surface area (Å²) < 4.78 is 0. The maximum atomic E-state index is 12.7. The van der Waals surface area contributed by atoms with Crippen molar-refractivity contribution in [1.29, 1.82) is 0 Å². The average Bonchev–Trinajstić information content (AvgIpc) is 2.60. The molecule has 130 valence electrons. The van der Waals surface area contributed by atoms with Crippen LogP contribution < -0.4 is 10.2 Å². The fourth-order valence-electron chi connectivity index (χ4n) is 2.86. The predicted octanol–water partition coefficient (Wildman–Crippen LogP) is 3.92. The van der Waals surface area contributed by atoms with Gasteiger partial charge in [0.2, 0.25) is 5.91 Å². The topological polar surface area (TPSA) is 52.7 Å². The Hall–Kier alpha value is -2.53. The zero-order valence-corrected chi connectivity index (χ0v) is 15.0. The van der Waals surface area contributed by atoms with Gasteiger partial charge < -0.3 is 15.1 Å². The summed E-state index contributed by atoms with van der Waals surface area (Å²) >= 11 is 5.90. The third kappa shape index (κ3) is 3.77. The molecule has 0 bridgehead atoms. The van der Waals surface area contributed by atoms with E-state index in [9.17, 15) is 9.59 Å². The molecule has 0 spiro atoms. The number of nitrogens with zero attached hydrogens (tertiary/aromatic N) is 2. The highest BCUT2D eigenvalue weighted by Crippen LogP contribution is 2.23. The van der Waals surface area contributed by atoms with E-state index >= 15 is 0 Å². The lowest BCUT2D eigenvalue weighted by Crippen LogP contribution is -2.58. The van der Waals surface area contributed by atoms with Crippen LogP contribution in [0, 0.1) is 6.92 Å². The van der Waals surface area contributed by atoms with E-state index in [4.69, 9.17) is 11.6 Å². The fourth-order valence-corrected chi connectivity index (χ4v) is 2.98. The van der Waals surface area contributed by atoms with E-state index in [0.717, 1.165) is 16.9 Å². The summed E-state index contributed by atoms with van der Waals surface area (Å²) in [5, 5.41) is 3.48. The standard InChI is InChI=1S/C19H20ClN3O2/c1-13-3-7-16(8-4-13)21-19(25)22-11-12-23(18(24)14(22)2)17-9-5-15(20)6-10-17/h3-10,14H,11-12H2,1-2H3,(H,21,25)/t14-/m1/s1. The molecule has 1 fully saturated rings. The van der Waals surface area contributed by atoms with E-state index in [1.165, 1.54) is 0 Å². The Morgan fingerprint density at radius 2 is 1.72 bits per heavy atom. The molecule has 0 unspecified atom stereocenters. The molecule has 3 rings (SSSR count). The summed E-state index contributed by atoms with van der Waals surface area (Å²) in [4.78, 5) is 28.5. The van der Waals surface area contributed by atoms with Crippen LogP contribution in [0.25, 0.3) is 0 Å². The minimum atomic E-state index is -0.533. The highest BCUT2D eigenvalue weighted by molar-refractivity contribution is 6.30. The summed E-state index contributed by atoms with van der Waals surface area (Å²) in [5.41, 5.74) is 2.63. The smallest absolute Gasteiger partial charge is 0.311 e. The van der Waals surface area contributed by atoms with E-state index in [1.807, 2.05) is 43.3 Å². The Morgan fingerprint density at radius 1 is 1.08 bits per heavy atom. The Morgan fingerprint density at radius 3 is 2.36 bits per heavy atom. The number of hydrogen-bond donors (Lipinski definition) is 1. The normalized spacial score (nSPS) is 17.6. The highest BCUT2D eigenvalue weighted by Gasteiger charge is 2.35. The van der Waals surface area contributed by atoms with Crippen molar-refractivity contribution in [3.05, 3.63) is 59.1 Å². The van der Waals surface area contributed by atoms with Crippen LogP contribution in [0.4, 0.5) is 16.2 Å². The zero-order chi connectivity index (χ0) is 18.0. The number of aryl methyl sites for hydroxylation is 1. The van der Waals surface area contributed by atoms with Gasteiger partial charge in [-0.15, -0.1) is 0 Å². The number of hydrogen-bond acceptors (Lipinski definition) is 2. The molecule has 25 heavy (non-hydrogen) atoms. The number of carbonyl (C=O) groups excluding carboxylic acids is 2. The Bertz CT molecular complexity index is 774. The van der Waals surface area contributed by atoms with Crippen molar-refractivity contribution in [1.82, 2.24) is 4.90 Å². The van der Waals surface area contributed by atoms with Crippen molar-refractivity contribution in [3.8, 4) is 0 Å². The number of nitrogens with one attached hydrogen (secondary N) is 1. The number of piperazine rings is 1. The second-order valence-corrected chi connectivity index (χ2v) is 6.57. The number of rotatable bonds is 2. The summed E-state index contributed by atoms with van der Waals surface area (Å²) in [7, 11) is 0. The molecule has 0 saturated carbocycles. The van der Waals surface area contributed by atoms with Gasteiger partial charge in [0.15, 0.2) is 0 Å². The van der Waals surface area contributed by atoms with Gasteiger partial charge in [0.05, 0.1) is 0 Å². The van der Waals surface area contributed by atoms with E-state index in [1.54, 1.807) is 28.9 Å². The summed E-state index contributed by atoms with van der Waals surface area (Å²) in [6, 6.07) is 13.9. The molecule has 0 aliphatic carbocycles. The molecule has 5 nitrogen and oxygen atoms in total. The van der Waals surface area contributed by atoms with E-state index in [-0.39, 0.29) is 11.9 Å². The van der Waals surface area contributed by atoms with Crippen LogP contribution >= 0.6 is 11.6 Å². The Balaban J connectivity index is 1.69. The first kappa shape index (κ1) is 17.3. The van der Waals surface area contributed by atoms with Crippen LogP contribution in [0.3, 0.4) is 0 Å². The average molecular weight is 358 g/mol. The first-order valence-electron chi connectivity index (χ1n) is 8.17. The molecule has 2 aromatic rings. The molecule has 1 N–H and O–H groups in total. The third-order valence-electron chi connectivity index (χ3n) is 4.36. The van der Waals surface area contributed by atoms with Gasteiger partial charge in [0, 0.05) is 29.5 Å². The second-order valence-electron chi connectivity index (χ2n) is 6.13. The van der Waals surface area contributed by atoms with Gasteiger partial charge in [-0.05, 0) is 50.2 Å². The van der Waals surface area contributed by atoms with Crippen molar-refractivity contribution < 1.29 is 9.59 Å². The van der Waals surface area contributed by atoms with Crippen molar-refractivity contribution in [3.63, 3.8) is 0 Å². The van der Waals surface area contributed by atoms with Crippen LogP contribution in [0.5, 0.6) is 0 Å². The number of urea groups is 1. The molecular weight excluding hydrogens is 338 g/mol. The van der Waals surface area contributed by atoms with E-state index in [0.29, 0.717) is 18.1 Å². The number of halogens is 1. The van der Waals surface area contributed by atoms with Crippen molar-refractivity contribution in [2.45, 2.75) is 19.9 Å². The summed E-state index contributed by atoms with van der Waals surface area (Å²) in [6.45, 7) is 4.65. The number of benzene rings is 2. The second kappa shape index (κ2) is 7.15. The van der Waals surface area contributed by atoms with Crippen molar-refractivity contribution in [2.24, 2.45) is 0 Å².